The van der Waals surface area contributed by atoms with Gasteiger partial charge in [0.2, 0.25) is 0 Å². The maximum atomic E-state index is 12.2. The third-order valence-electron chi connectivity index (χ3n) is 6.61. The first-order valence-electron chi connectivity index (χ1n) is 11.4. The quantitative estimate of drug-likeness (QED) is 0.446. The van der Waals surface area contributed by atoms with E-state index in [2.05, 4.69) is 64.4 Å². The molecule has 2 fully saturated rings. The molecule has 2 aliphatic rings. The van der Waals surface area contributed by atoms with Gasteiger partial charge in [-0.3, -0.25) is 14.6 Å². The summed E-state index contributed by atoms with van der Waals surface area (Å²) in [5, 5.41) is 0. The molecule has 0 aromatic heterocycles. The van der Waals surface area contributed by atoms with Gasteiger partial charge in [-0.05, 0) is 49.8 Å². The topological polar surface area (TPSA) is 23.6 Å². The van der Waals surface area contributed by atoms with Crippen molar-refractivity contribution in [3.8, 4) is 0 Å². The van der Waals surface area contributed by atoms with E-state index in [0.717, 1.165) is 63.7 Å². The molecular weight excluding hydrogens is 420 g/mol. The van der Waals surface area contributed by atoms with Gasteiger partial charge < -0.3 is 0 Å². The third kappa shape index (κ3) is 7.67. The monoisotopic (exact) mass is 458 g/mol. The fourth-order valence-corrected chi connectivity index (χ4v) is 5.01. The van der Waals surface area contributed by atoms with Crippen LogP contribution >= 0.6 is 27.0 Å². The Kier molecular flexibility index (Phi) is 11.2. The number of ketones is 1. The zero-order valence-electron chi connectivity index (χ0n) is 18.5. The first-order valence-corrected chi connectivity index (χ1v) is 11.4. The van der Waals surface area contributed by atoms with Crippen molar-refractivity contribution in [1.82, 2.24) is 9.80 Å². The number of likely N-dealkylation sites (tertiary alicyclic amines) is 2. The first kappa shape index (κ1) is 26.0. The van der Waals surface area contributed by atoms with Crippen molar-refractivity contribution in [2.75, 3.05) is 19.6 Å². The number of fused-ring (bicyclic) bond motifs is 2. The molecule has 170 valence electrons. The van der Waals surface area contributed by atoms with Gasteiger partial charge in [0.1, 0.15) is 5.78 Å². The number of rotatable bonds is 11. The number of carbonyl (C=O) groups is 1. The Balaban J connectivity index is 0.00000171. The van der Waals surface area contributed by atoms with E-state index in [0.29, 0.717) is 5.78 Å². The molecule has 2 unspecified atom stereocenters. The Morgan fingerprint density at radius 2 is 1.32 bits per heavy atom. The normalized spacial score (nSPS) is 20.3. The fraction of sp³-hybridized carbons (Fsp3) is 0.500. The van der Waals surface area contributed by atoms with Crippen LogP contribution in [0.1, 0.15) is 49.7 Å². The number of benzene rings is 2. The van der Waals surface area contributed by atoms with Crippen LogP contribution in [-0.2, 0) is 17.8 Å². The van der Waals surface area contributed by atoms with Gasteiger partial charge in [-0.25, -0.2) is 0 Å². The van der Waals surface area contributed by atoms with Gasteiger partial charge in [0.25, 0.3) is 0 Å². The van der Waals surface area contributed by atoms with E-state index in [1.54, 1.807) is 0 Å². The van der Waals surface area contributed by atoms with Gasteiger partial charge in [-0.1, -0.05) is 60.7 Å². The molecule has 2 bridgehead atoms. The molecule has 0 radical (unpaired) electrons. The summed E-state index contributed by atoms with van der Waals surface area (Å²) in [5.41, 5.74) is 2.77. The minimum Gasteiger partial charge on any atom is -0.300 e. The number of piperazine rings is 1. The van der Waals surface area contributed by atoms with Gasteiger partial charge in [-0.15, -0.1) is 0 Å². The summed E-state index contributed by atoms with van der Waals surface area (Å²) in [4.78, 5) is 17.5. The third-order valence-corrected chi connectivity index (χ3v) is 6.61. The molecule has 2 atom stereocenters. The average Bonchev–Trinajstić information content (AvgIpc) is 3.33. The maximum Gasteiger partial charge on any atom is 0.132 e. The highest BCUT2D eigenvalue weighted by atomic mass is 32.1. The zero-order chi connectivity index (χ0) is 19.9. The van der Waals surface area contributed by atoms with E-state index >= 15 is 0 Å². The van der Waals surface area contributed by atoms with Crippen LogP contribution in [0.5, 0.6) is 0 Å². The smallest absolute Gasteiger partial charge is 0.132 e. The molecule has 3 nitrogen and oxygen atoms in total. The van der Waals surface area contributed by atoms with Crippen LogP contribution < -0.4 is 0 Å². The van der Waals surface area contributed by atoms with E-state index < -0.39 is 0 Å². The van der Waals surface area contributed by atoms with Crippen LogP contribution in [0.4, 0.5) is 0 Å². The van der Waals surface area contributed by atoms with Crippen LogP contribution in [0.25, 0.3) is 0 Å². The van der Waals surface area contributed by atoms with Crippen molar-refractivity contribution < 1.29 is 4.79 Å². The minimum atomic E-state index is 0. The van der Waals surface area contributed by atoms with E-state index in [4.69, 9.17) is 0 Å². The summed E-state index contributed by atoms with van der Waals surface area (Å²) in [6.45, 7) is 4.67. The number of carbonyl (C=O) groups excluding carboxylic acids is 1. The van der Waals surface area contributed by atoms with Gasteiger partial charge in [0.05, 0.1) is 0 Å². The zero-order valence-corrected chi connectivity index (χ0v) is 20.5. The molecule has 2 saturated heterocycles. The summed E-state index contributed by atoms with van der Waals surface area (Å²) in [7, 11) is 0. The number of Topliss-reactive ketones (excluding diaryl/α,β-unsaturated/α-hetero) is 1. The molecule has 0 aliphatic carbocycles. The summed E-state index contributed by atoms with van der Waals surface area (Å²) in [6.07, 6.45) is 7.02. The van der Waals surface area contributed by atoms with Crippen LogP contribution in [0.15, 0.2) is 60.7 Å². The lowest BCUT2D eigenvalue weighted by Crippen LogP contribution is -2.46. The number of unbranched alkanes of at least 4 members (excludes halogenated alkanes) is 1. The molecular formula is C26H38N2OS2. The molecule has 5 heteroatoms. The van der Waals surface area contributed by atoms with Crippen LogP contribution in [0.2, 0.25) is 0 Å². The van der Waals surface area contributed by atoms with Gasteiger partial charge >= 0.3 is 0 Å². The molecule has 4 rings (SSSR count). The predicted molar refractivity (Wildman–Crippen MR) is 140 cm³/mol. The molecule has 2 aromatic carbocycles. The second-order valence-electron chi connectivity index (χ2n) is 8.79. The van der Waals surface area contributed by atoms with Crippen molar-refractivity contribution in [2.45, 2.75) is 63.6 Å². The van der Waals surface area contributed by atoms with Crippen LogP contribution in [0.3, 0.4) is 0 Å². The predicted octanol–water partition coefficient (Wildman–Crippen LogP) is 4.93. The minimum absolute atomic E-state index is 0. The first-order chi connectivity index (χ1) is 14.3. The largest absolute Gasteiger partial charge is 0.300 e. The molecule has 0 N–H and O–H groups in total. The second kappa shape index (κ2) is 13.3. The standard InChI is InChI=1S/C26H34N2O.2H2S/c29-26(16-9-14-22-10-3-1-4-11-22)15-7-8-17-27-20-25-18-24(27)21-28(25)19-23-12-5-2-6-13-23;;/h1-6,10-13,24-25H,7-9,14-21H2;2*1H2. The maximum absolute atomic E-state index is 12.2. The van der Waals surface area contributed by atoms with E-state index in [1.807, 2.05) is 6.07 Å². The summed E-state index contributed by atoms with van der Waals surface area (Å²) < 4.78 is 0. The Bertz CT molecular complexity index is 771. The number of nitrogens with zero attached hydrogens (tertiary/aromatic N) is 2. The second-order valence-corrected chi connectivity index (χ2v) is 8.79. The van der Waals surface area contributed by atoms with Crippen molar-refractivity contribution >= 4 is 32.8 Å². The summed E-state index contributed by atoms with van der Waals surface area (Å²) in [5.74, 6) is 0.443. The highest BCUT2D eigenvalue weighted by Gasteiger charge is 2.42. The fourth-order valence-electron chi connectivity index (χ4n) is 5.01. The highest BCUT2D eigenvalue weighted by Crippen LogP contribution is 2.32. The van der Waals surface area contributed by atoms with Gasteiger partial charge in [0, 0.05) is 44.6 Å². The van der Waals surface area contributed by atoms with Crippen molar-refractivity contribution in [3.05, 3.63) is 71.8 Å². The molecule has 0 amide bonds. The molecule has 31 heavy (non-hydrogen) atoms. The SMILES string of the molecule is O=C(CCCCN1CC2CC1CN2Cc1ccccc1)CCCc1ccccc1.S.S. The Hall–Kier alpha value is -1.27. The van der Waals surface area contributed by atoms with E-state index in [9.17, 15) is 4.79 Å². The average molecular weight is 459 g/mol. The molecule has 2 aromatic rings. The Morgan fingerprint density at radius 3 is 1.97 bits per heavy atom. The summed E-state index contributed by atoms with van der Waals surface area (Å²) >= 11 is 0. The van der Waals surface area contributed by atoms with Gasteiger partial charge in [0.15, 0.2) is 0 Å². The highest BCUT2D eigenvalue weighted by molar-refractivity contribution is 7.59. The Morgan fingerprint density at radius 1 is 0.742 bits per heavy atom. The van der Waals surface area contributed by atoms with E-state index in [-0.39, 0.29) is 27.0 Å². The number of hydrogen-bond acceptors (Lipinski definition) is 3. The van der Waals surface area contributed by atoms with E-state index in [1.165, 1.54) is 30.6 Å². The van der Waals surface area contributed by atoms with Crippen molar-refractivity contribution in [3.63, 3.8) is 0 Å². The lowest BCUT2D eigenvalue weighted by Gasteiger charge is -2.34. The lowest BCUT2D eigenvalue weighted by molar-refractivity contribution is -0.119. The molecule has 0 saturated carbocycles. The number of hydrogen-bond donors (Lipinski definition) is 0. The Labute approximate surface area is 202 Å². The lowest BCUT2D eigenvalue weighted by atomic mass is 10.0. The van der Waals surface area contributed by atoms with Crippen LogP contribution in [0, 0.1) is 0 Å². The van der Waals surface area contributed by atoms with Crippen molar-refractivity contribution in [1.29, 1.82) is 0 Å². The van der Waals surface area contributed by atoms with Gasteiger partial charge in [-0.2, -0.15) is 27.0 Å². The molecule has 0 spiro atoms. The van der Waals surface area contributed by atoms with Crippen molar-refractivity contribution in [2.24, 2.45) is 0 Å². The summed E-state index contributed by atoms with van der Waals surface area (Å²) in [6, 6.07) is 22.8. The van der Waals surface area contributed by atoms with Crippen LogP contribution in [-0.4, -0.2) is 47.3 Å². The molecule has 2 heterocycles. The molecule has 2 aliphatic heterocycles. The number of aryl methyl sites for hydroxylation is 1.